The molecule has 0 unspecified atom stereocenters. The first-order chi connectivity index (χ1) is 7.58. The molecule has 1 heterocycles. The Labute approximate surface area is 111 Å². The molecule has 90 valence electrons. The average Bonchev–Trinajstić information content (AvgIpc) is 2.83. The van der Waals surface area contributed by atoms with E-state index in [0.29, 0.717) is 5.41 Å². The third kappa shape index (κ3) is 2.19. The summed E-state index contributed by atoms with van der Waals surface area (Å²) in [5.41, 5.74) is 2.71. The SMILES string of the molecule is Cc1nn(CC2(CS)CCCC2)c(C)c1Br. The molecule has 1 aromatic heterocycles. The van der Waals surface area contributed by atoms with Crippen molar-refractivity contribution in [2.24, 2.45) is 5.41 Å². The van der Waals surface area contributed by atoms with Gasteiger partial charge in [-0.15, -0.1) is 0 Å². The lowest BCUT2D eigenvalue weighted by Gasteiger charge is -2.27. The fourth-order valence-corrected chi connectivity index (χ4v) is 3.34. The fraction of sp³-hybridized carbons (Fsp3) is 0.750. The minimum atomic E-state index is 0.381. The van der Waals surface area contributed by atoms with E-state index >= 15 is 0 Å². The zero-order valence-corrected chi connectivity index (χ0v) is 12.4. The van der Waals surface area contributed by atoms with E-state index in [2.05, 4.69) is 52.2 Å². The van der Waals surface area contributed by atoms with Crippen molar-refractivity contribution in [3.05, 3.63) is 15.9 Å². The highest BCUT2D eigenvalue weighted by Crippen LogP contribution is 2.41. The lowest BCUT2D eigenvalue weighted by atomic mass is 9.88. The van der Waals surface area contributed by atoms with Gasteiger partial charge in [-0.2, -0.15) is 17.7 Å². The van der Waals surface area contributed by atoms with Gasteiger partial charge < -0.3 is 0 Å². The van der Waals surface area contributed by atoms with Gasteiger partial charge in [0, 0.05) is 12.2 Å². The van der Waals surface area contributed by atoms with Crippen LogP contribution in [0.1, 0.15) is 37.1 Å². The lowest BCUT2D eigenvalue weighted by molar-refractivity contribution is 0.273. The van der Waals surface area contributed by atoms with E-state index in [-0.39, 0.29) is 0 Å². The van der Waals surface area contributed by atoms with Crippen LogP contribution in [0, 0.1) is 19.3 Å². The van der Waals surface area contributed by atoms with Crippen LogP contribution < -0.4 is 0 Å². The molecule has 1 aliphatic rings. The molecule has 4 heteroatoms. The Morgan fingerprint density at radius 2 is 2.00 bits per heavy atom. The molecule has 0 radical (unpaired) electrons. The van der Waals surface area contributed by atoms with Gasteiger partial charge in [-0.3, -0.25) is 4.68 Å². The van der Waals surface area contributed by atoms with Crippen molar-refractivity contribution in [2.75, 3.05) is 5.75 Å². The van der Waals surface area contributed by atoms with Crippen LogP contribution in [0.4, 0.5) is 0 Å². The smallest absolute Gasteiger partial charge is 0.0738 e. The summed E-state index contributed by atoms with van der Waals surface area (Å²) in [4.78, 5) is 0. The molecule has 0 N–H and O–H groups in total. The summed E-state index contributed by atoms with van der Waals surface area (Å²) in [5, 5.41) is 4.60. The van der Waals surface area contributed by atoms with Crippen molar-refractivity contribution in [2.45, 2.75) is 46.1 Å². The molecule has 0 saturated heterocycles. The number of rotatable bonds is 3. The second kappa shape index (κ2) is 4.73. The van der Waals surface area contributed by atoms with Crippen molar-refractivity contribution in [1.29, 1.82) is 0 Å². The van der Waals surface area contributed by atoms with Crippen molar-refractivity contribution in [3.63, 3.8) is 0 Å². The zero-order valence-electron chi connectivity index (χ0n) is 9.96. The second-order valence-corrected chi connectivity index (χ2v) is 6.12. The van der Waals surface area contributed by atoms with Crippen LogP contribution in [0.5, 0.6) is 0 Å². The summed E-state index contributed by atoms with van der Waals surface area (Å²) in [6, 6.07) is 0. The number of aromatic nitrogens is 2. The largest absolute Gasteiger partial charge is 0.268 e. The van der Waals surface area contributed by atoms with Crippen LogP contribution in [0.2, 0.25) is 0 Å². The number of aryl methyl sites for hydroxylation is 1. The van der Waals surface area contributed by atoms with E-state index in [1.165, 1.54) is 31.4 Å². The first-order valence-electron chi connectivity index (χ1n) is 5.88. The molecule has 0 atom stereocenters. The number of hydrogen-bond donors (Lipinski definition) is 1. The highest BCUT2D eigenvalue weighted by atomic mass is 79.9. The molecular formula is C12H19BrN2S. The molecule has 1 aliphatic carbocycles. The minimum Gasteiger partial charge on any atom is -0.268 e. The Kier molecular flexibility index (Phi) is 3.69. The lowest BCUT2D eigenvalue weighted by Crippen LogP contribution is -2.26. The van der Waals surface area contributed by atoms with E-state index in [4.69, 9.17) is 0 Å². The highest BCUT2D eigenvalue weighted by Gasteiger charge is 2.33. The second-order valence-electron chi connectivity index (χ2n) is 5.01. The predicted octanol–water partition coefficient (Wildman–Crippen LogP) is 3.75. The van der Waals surface area contributed by atoms with Gasteiger partial charge in [0.15, 0.2) is 0 Å². The molecule has 1 aromatic rings. The minimum absolute atomic E-state index is 0.381. The Bertz CT molecular complexity index is 381. The normalized spacial score (nSPS) is 19.2. The van der Waals surface area contributed by atoms with Crippen LogP contribution in [-0.4, -0.2) is 15.5 Å². The monoisotopic (exact) mass is 302 g/mol. The molecule has 2 nitrogen and oxygen atoms in total. The summed E-state index contributed by atoms with van der Waals surface area (Å²) in [6.45, 7) is 5.20. The molecule has 0 aliphatic heterocycles. The molecular weight excluding hydrogens is 284 g/mol. The fourth-order valence-electron chi connectivity index (χ4n) is 2.64. The Balaban J connectivity index is 2.22. The Morgan fingerprint density at radius 3 is 2.44 bits per heavy atom. The topological polar surface area (TPSA) is 17.8 Å². The van der Waals surface area contributed by atoms with Crippen molar-refractivity contribution < 1.29 is 0 Å². The summed E-state index contributed by atoms with van der Waals surface area (Å²) >= 11 is 8.13. The standard InChI is InChI=1S/C12H19BrN2S/c1-9-11(13)10(2)15(14-9)7-12(8-16)5-3-4-6-12/h16H,3-8H2,1-2H3. The van der Waals surface area contributed by atoms with E-state index in [9.17, 15) is 0 Å². The van der Waals surface area contributed by atoms with Crippen LogP contribution in [-0.2, 0) is 6.54 Å². The summed E-state index contributed by atoms with van der Waals surface area (Å²) in [6.07, 6.45) is 5.29. The first-order valence-corrected chi connectivity index (χ1v) is 7.31. The molecule has 0 amide bonds. The van der Waals surface area contributed by atoms with Gasteiger partial charge in [-0.25, -0.2) is 0 Å². The van der Waals surface area contributed by atoms with Gasteiger partial charge in [0.25, 0.3) is 0 Å². The van der Waals surface area contributed by atoms with Crippen LogP contribution in [0.15, 0.2) is 4.47 Å². The van der Waals surface area contributed by atoms with Gasteiger partial charge in [-0.1, -0.05) is 12.8 Å². The summed E-state index contributed by atoms with van der Waals surface area (Å²) in [7, 11) is 0. The highest BCUT2D eigenvalue weighted by molar-refractivity contribution is 9.10. The van der Waals surface area contributed by atoms with Crippen molar-refractivity contribution in [1.82, 2.24) is 9.78 Å². The maximum absolute atomic E-state index is 4.60. The van der Waals surface area contributed by atoms with E-state index in [0.717, 1.165) is 22.5 Å². The number of halogens is 1. The average molecular weight is 303 g/mol. The maximum Gasteiger partial charge on any atom is 0.0738 e. The third-order valence-corrected chi connectivity index (χ3v) is 5.60. The van der Waals surface area contributed by atoms with Gasteiger partial charge >= 0.3 is 0 Å². The van der Waals surface area contributed by atoms with Gasteiger partial charge in [0.05, 0.1) is 10.2 Å². The molecule has 1 saturated carbocycles. The van der Waals surface area contributed by atoms with Gasteiger partial charge in [0.1, 0.15) is 0 Å². The molecule has 0 spiro atoms. The molecule has 1 fully saturated rings. The van der Waals surface area contributed by atoms with Crippen LogP contribution in [0.3, 0.4) is 0 Å². The third-order valence-electron chi connectivity index (χ3n) is 3.78. The molecule has 0 aromatic carbocycles. The number of thiol groups is 1. The molecule has 2 rings (SSSR count). The number of hydrogen-bond acceptors (Lipinski definition) is 2. The zero-order chi connectivity index (χ0) is 11.8. The number of nitrogens with zero attached hydrogens (tertiary/aromatic N) is 2. The molecule has 16 heavy (non-hydrogen) atoms. The summed E-state index contributed by atoms with van der Waals surface area (Å²) < 4.78 is 3.31. The van der Waals surface area contributed by atoms with Crippen molar-refractivity contribution >= 4 is 28.6 Å². The van der Waals surface area contributed by atoms with Gasteiger partial charge in [0.2, 0.25) is 0 Å². The molecule has 0 bridgehead atoms. The quantitative estimate of drug-likeness (QED) is 0.842. The van der Waals surface area contributed by atoms with Gasteiger partial charge in [-0.05, 0) is 53.8 Å². The Morgan fingerprint density at radius 1 is 1.38 bits per heavy atom. The van der Waals surface area contributed by atoms with Crippen LogP contribution in [0.25, 0.3) is 0 Å². The van der Waals surface area contributed by atoms with E-state index in [1.807, 2.05) is 0 Å². The van der Waals surface area contributed by atoms with E-state index < -0.39 is 0 Å². The summed E-state index contributed by atoms with van der Waals surface area (Å²) in [5.74, 6) is 0.975. The first kappa shape index (κ1) is 12.5. The van der Waals surface area contributed by atoms with Crippen molar-refractivity contribution in [3.8, 4) is 0 Å². The van der Waals surface area contributed by atoms with Crippen LogP contribution >= 0.6 is 28.6 Å². The predicted molar refractivity (Wildman–Crippen MR) is 74.2 cm³/mol. The van der Waals surface area contributed by atoms with E-state index in [1.54, 1.807) is 0 Å². The Hall–Kier alpha value is 0.0400. The maximum atomic E-state index is 4.60.